The summed E-state index contributed by atoms with van der Waals surface area (Å²) in [7, 11) is 0. The number of nitrogens with two attached hydrogens (primary N) is 1. The Balaban J connectivity index is 2.07. The number of rotatable bonds is 3. The van der Waals surface area contributed by atoms with Crippen LogP contribution in [0.3, 0.4) is 0 Å². The van der Waals surface area contributed by atoms with E-state index in [4.69, 9.17) is 5.73 Å². The molecule has 0 atom stereocenters. The molecule has 0 saturated heterocycles. The molecule has 19 heavy (non-hydrogen) atoms. The lowest BCUT2D eigenvalue weighted by Crippen LogP contribution is -2.23. The van der Waals surface area contributed by atoms with Crippen LogP contribution in [-0.2, 0) is 6.54 Å². The van der Waals surface area contributed by atoms with Crippen LogP contribution in [0.1, 0.15) is 15.9 Å². The van der Waals surface area contributed by atoms with E-state index in [0.717, 1.165) is 16.1 Å². The van der Waals surface area contributed by atoms with E-state index in [1.807, 2.05) is 24.3 Å². The number of anilines is 1. The third-order valence-electron chi connectivity index (χ3n) is 2.60. The number of nitrogens with one attached hydrogen (secondary N) is 1. The summed E-state index contributed by atoms with van der Waals surface area (Å²) in [6.45, 7) is 0.355. The van der Waals surface area contributed by atoms with Gasteiger partial charge in [0.25, 0.3) is 5.91 Å². The molecule has 98 valence electrons. The Morgan fingerprint density at radius 2 is 2.05 bits per heavy atom. The lowest BCUT2D eigenvalue weighted by atomic mass is 10.1. The predicted molar refractivity (Wildman–Crippen MR) is 76.1 cm³/mol. The highest BCUT2D eigenvalue weighted by atomic mass is 79.9. The van der Waals surface area contributed by atoms with Crippen LogP contribution in [0.4, 0.5) is 10.1 Å². The molecule has 1 amide bonds. The molecular weight excluding hydrogens is 311 g/mol. The molecule has 0 bridgehead atoms. The maximum Gasteiger partial charge on any atom is 0.253 e. The molecule has 2 aromatic carbocycles. The zero-order valence-corrected chi connectivity index (χ0v) is 11.6. The number of nitrogen functional groups attached to an aromatic ring is 1. The van der Waals surface area contributed by atoms with Crippen LogP contribution >= 0.6 is 15.9 Å². The van der Waals surface area contributed by atoms with E-state index in [0.29, 0.717) is 6.54 Å². The van der Waals surface area contributed by atoms with Gasteiger partial charge >= 0.3 is 0 Å². The summed E-state index contributed by atoms with van der Waals surface area (Å²) >= 11 is 3.35. The summed E-state index contributed by atoms with van der Waals surface area (Å²) in [5.41, 5.74) is 7.00. The molecule has 0 saturated carbocycles. The average molecular weight is 323 g/mol. The van der Waals surface area contributed by atoms with Crippen LogP contribution in [0.25, 0.3) is 0 Å². The second kappa shape index (κ2) is 5.84. The third kappa shape index (κ3) is 3.54. The van der Waals surface area contributed by atoms with E-state index >= 15 is 0 Å². The minimum atomic E-state index is -0.484. The number of hydrogen-bond donors (Lipinski definition) is 2. The first-order valence-corrected chi connectivity index (χ1v) is 6.43. The molecule has 0 fully saturated rings. The maximum atomic E-state index is 13.1. The minimum Gasteiger partial charge on any atom is -0.398 e. The highest BCUT2D eigenvalue weighted by Gasteiger charge is 2.10. The number of amides is 1. The van der Waals surface area contributed by atoms with Gasteiger partial charge in [-0.1, -0.05) is 28.1 Å². The first-order chi connectivity index (χ1) is 9.06. The van der Waals surface area contributed by atoms with E-state index in [9.17, 15) is 9.18 Å². The standard InChI is InChI=1S/C14H12BrFN2O/c15-10-3-1-2-9(6-10)8-18-14(19)12-7-11(16)4-5-13(12)17/h1-7H,8,17H2,(H,18,19). The van der Waals surface area contributed by atoms with E-state index in [1.54, 1.807) is 0 Å². The fraction of sp³-hybridized carbons (Fsp3) is 0.0714. The quantitative estimate of drug-likeness (QED) is 0.853. The summed E-state index contributed by atoms with van der Waals surface area (Å²) in [6.07, 6.45) is 0. The minimum absolute atomic E-state index is 0.148. The molecule has 0 aliphatic rings. The van der Waals surface area contributed by atoms with Gasteiger partial charge in [-0.2, -0.15) is 0 Å². The summed E-state index contributed by atoms with van der Waals surface area (Å²) in [4.78, 5) is 11.9. The monoisotopic (exact) mass is 322 g/mol. The molecule has 2 rings (SSSR count). The zero-order valence-electron chi connectivity index (χ0n) is 9.99. The number of halogens is 2. The molecule has 0 spiro atoms. The van der Waals surface area contributed by atoms with E-state index in [2.05, 4.69) is 21.2 Å². The molecular formula is C14H12BrFN2O. The van der Waals surface area contributed by atoms with Gasteiger partial charge in [0, 0.05) is 16.7 Å². The van der Waals surface area contributed by atoms with E-state index in [-0.39, 0.29) is 11.3 Å². The molecule has 0 radical (unpaired) electrons. The van der Waals surface area contributed by atoms with Crippen molar-refractivity contribution in [2.75, 3.05) is 5.73 Å². The van der Waals surface area contributed by atoms with Gasteiger partial charge in [-0.3, -0.25) is 4.79 Å². The van der Waals surface area contributed by atoms with Crippen molar-refractivity contribution in [1.82, 2.24) is 5.32 Å². The van der Waals surface area contributed by atoms with Crippen molar-refractivity contribution >= 4 is 27.5 Å². The third-order valence-corrected chi connectivity index (χ3v) is 3.10. The van der Waals surface area contributed by atoms with Crippen LogP contribution in [0.15, 0.2) is 46.9 Å². The average Bonchev–Trinajstić information content (AvgIpc) is 2.39. The van der Waals surface area contributed by atoms with Crippen LogP contribution in [0, 0.1) is 5.82 Å². The molecule has 0 unspecified atom stereocenters. The summed E-state index contributed by atoms with van der Waals surface area (Å²) < 4.78 is 14.0. The second-order valence-electron chi connectivity index (χ2n) is 4.04. The van der Waals surface area contributed by atoms with Gasteiger partial charge in [0.05, 0.1) is 5.56 Å². The number of carbonyl (C=O) groups is 1. The predicted octanol–water partition coefficient (Wildman–Crippen LogP) is 3.10. The van der Waals surface area contributed by atoms with Crippen LogP contribution in [0.2, 0.25) is 0 Å². The number of hydrogen-bond acceptors (Lipinski definition) is 2. The van der Waals surface area contributed by atoms with Gasteiger partial charge in [-0.25, -0.2) is 4.39 Å². The van der Waals surface area contributed by atoms with Crippen molar-refractivity contribution in [1.29, 1.82) is 0 Å². The van der Waals surface area contributed by atoms with Crippen LogP contribution in [0.5, 0.6) is 0 Å². The molecule has 3 nitrogen and oxygen atoms in total. The molecule has 3 N–H and O–H groups in total. The molecule has 0 aliphatic carbocycles. The molecule has 0 aromatic heterocycles. The lowest BCUT2D eigenvalue weighted by molar-refractivity contribution is 0.0951. The van der Waals surface area contributed by atoms with Crippen molar-refractivity contribution in [3.05, 3.63) is 63.9 Å². The normalized spacial score (nSPS) is 10.2. The first-order valence-electron chi connectivity index (χ1n) is 5.64. The summed E-state index contributed by atoms with van der Waals surface area (Å²) in [5.74, 6) is -0.876. The molecule has 2 aromatic rings. The zero-order chi connectivity index (χ0) is 13.8. The molecule has 0 heterocycles. The SMILES string of the molecule is Nc1ccc(F)cc1C(=O)NCc1cccc(Br)c1. The Bertz CT molecular complexity index is 616. The van der Waals surface area contributed by atoms with Crippen molar-refractivity contribution in [3.8, 4) is 0 Å². The molecule has 0 aliphatic heterocycles. The van der Waals surface area contributed by atoms with Crippen molar-refractivity contribution in [2.24, 2.45) is 0 Å². The lowest BCUT2D eigenvalue weighted by Gasteiger charge is -2.08. The highest BCUT2D eigenvalue weighted by Crippen LogP contribution is 2.14. The van der Waals surface area contributed by atoms with Crippen LogP contribution < -0.4 is 11.1 Å². The van der Waals surface area contributed by atoms with Gasteiger partial charge in [0.2, 0.25) is 0 Å². The Hall–Kier alpha value is -1.88. The largest absolute Gasteiger partial charge is 0.398 e. The van der Waals surface area contributed by atoms with Gasteiger partial charge in [-0.15, -0.1) is 0 Å². The Morgan fingerprint density at radius 3 is 2.79 bits per heavy atom. The summed E-state index contributed by atoms with van der Waals surface area (Å²) in [5, 5.41) is 2.70. The fourth-order valence-electron chi connectivity index (χ4n) is 1.65. The smallest absolute Gasteiger partial charge is 0.253 e. The Morgan fingerprint density at radius 1 is 1.26 bits per heavy atom. The van der Waals surface area contributed by atoms with Crippen molar-refractivity contribution in [3.63, 3.8) is 0 Å². The first kappa shape index (κ1) is 13.5. The van der Waals surface area contributed by atoms with Gasteiger partial charge in [0.1, 0.15) is 5.82 Å². The Labute approximate surface area is 118 Å². The van der Waals surface area contributed by atoms with Gasteiger partial charge < -0.3 is 11.1 Å². The van der Waals surface area contributed by atoms with Crippen LogP contribution in [-0.4, -0.2) is 5.91 Å². The van der Waals surface area contributed by atoms with E-state index in [1.165, 1.54) is 12.1 Å². The number of carbonyl (C=O) groups excluding carboxylic acids is 1. The maximum absolute atomic E-state index is 13.1. The summed E-state index contributed by atoms with van der Waals surface area (Å²) in [6, 6.07) is 11.3. The van der Waals surface area contributed by atoms with E-state index < -0.39 is 11.7 Å². The highest BCUT2D eigenvalue weighted by molar-refractivity contribution is 9.10. The molecule has 5 heteroatoms. The second-order valence-corrected chi connectivity index (χ2v) is 4.96. The van der Waals surface area contributed by atoms with Crippen molar-refractivity contribution < 1.29 is 9.18 Å². The van der Waals surface area contributed by atoms with Crippen molar-refractivity contribution in [2.45, 2.75) is 6.54 Å². The topological polar surface area (TPSA) is 55.1 Å². The Kier molecular flexibility index (Phi) is 4.16. The van der Waals surface area contributed by atoms with Gasteiger partial charge in [0.15, 0.2) is 0 Å². The number of benzene rings is 2. The fourth-order valence-corrected chi connectivity index (χ4v) is 2.10. The van der Waals surface area contributed by atoms with Gasteiger partial charge in [-0.05, 0) is 35.9 Å².